The van der Waals surface area contributed by atoms with Crippen LogP contribution in [0, 0.1) is 18.3 Å². The van der Waals surface area contributed by atoms with Gasteiger partial charge >= 0.3 is 0 Å². The van der Waals surface area contributed by atoms with Gasteiger partial charge in [0.2, 0.25) is 0 Å². The lowest BCUT2D eigenvalue weighted by Crippen LogP contribution is -2.54. The summed E-state index contributed by atoms with van der Waals surface area (Å²) in [6, 6.07) is 8.80. The molecule has 0 amide bonds. The summed E-state index contributed by atoms with van der Waals surface area (Å²) in [7, 11) is 0. The zero-order chi connectivity index (χ0) is 24.6. The minimum absolute atomic E-state index is 0.192. The number of fused-ring (bicyclic) bond motifs is 1. The molecule has 2 fully saturated rings. The van der Waals surface area contributed by atoms with Gasteiger partial charge in [-0.25, -0.2) is 9.50 Å². The number of anilines is 1. The van der Waals surface area contributed by atoms with Gasteiger partial charge < -0.3 is 10.0 Å². The Morgan fingerprint density at radius 1 is 1.06 bits per heavy atom. The van der Waals surface area contributed by atoms with Crippen molar-refractivity contribution in [3.8, 4) is 28.3 Å². The minimum Gasteiger partial charge on any atom is -0.391 e. The molecule has 0 radical (unpaired) electrons. The van der Waals surface area contributed by atoms with Gasteiger partial charge in [-0.05, 0) is 38.0 Å². The van der Waals surface area contributed by atoms with E-state index < -0.39 is 0 Å². The lowest BCUT2D eigenvalue weighted by molar-refractivity contribution is 0.0172. The fraction of sp³-hybridized carbons (Fsp3) is 0.407. The van der Waals surface area contributed by atoms with E-state index in [4.69, 9.17) is 4.98 Å². The van der Waals surface area contributed by atoms with Crippen LogP contribution in [-0.4, -0.2) is 73.1 Å². The number of pyridine rings is 2. The van der Waals surface area contributed by atoms with E-state index in [-0.39, 0.29) is 6.10 Å². The van der Waals surface area contributed by atoms with Crippen LogP contribution in [0.5, 0.6) is 0 Å². The number of nitriles is 1. The van der Waals surface area contributed by atoms with Gasteiger partial charge in [0.15, 0.2) is 0 Å². The number of rotatable bonds is 4. The van der Waals surface area contributed by atoms with Crippen LogP contribution in [-0.2, 0) is 0 Å². The molecular weight excluding hydrogens is 452 g/mol. The van der Waals surface area contributed by atoms with E-state index in [9.17, 15) is 10.4 Å². The van der Waals surface area contributed by atoms with E-state index in [1.54, 1.807) is 10.7 Å². The van der Waals surface area contributed by atoms with E-state index in [0.29, 0.717) is 11.6 Å². The molecule has 184 valence electrons. The van der Waals surface area contributed by atoms with Crippen LogP contribution in [0.25, 0.3) is 27.8 Å². The number of H-pyrrole nitrogens is 1. The van der Waals surface area contributed by atoms with Crippen molar-refractivity contribution in [1.29, 1.82) is 5.26 Å². The highest BCUT2D eigenvalue weighted by atomic mass is 16.3. The molecule has 1 saturated heterocycles. The molecule has 5 heterocycles. The van der Waals surface area contributed by atoms with Gasteiger partial charge in [0.1, 0.15) is 11.9 Å². The standard InChI is InChI=1S/C27H30N8O/c1-18-23(16-30-32-18)20-12-22(27-21(13-28)15-31-35(27)17-20)19-6-7-26(29-14-19)34-10-8-33(9-11-34)24-4-2-3-5-25(24)36/h6-7,12,14-17,24-25,36H,2-5,8-11H2,1H3,(H,30,32)/t24-,25-/m1/s1. The van der Waals surface area contributed by atoms with E-state index in [2.05, 4.69) is 49.4 Å². The summed E-state index contributed by atoms with van der Waals surface area (Å²) in [5.41, 5.74) is 6.03. The molecule has 2 atom stereocenters. The summed E-state index contributed by atoms with van der Waals surface area (Å²) in [4.78, 5) is 9.59. The van der Waals surface area contributed by atoms with E-state index in [1.165, 1.54) is 6.42 Å². The number of aliphatic hydroxyl groups is 1. The predicted molar refractivity (Wildman–Crippen MR) is 138 cm³/mol. The zero-order valence-electron chi connectivity index (χ0n) is 20.4. The monoisotopic (exact) mass is 482 g/mol. The second-order valence-corrected chi connectivity index (χ2v) is 9.84. The molecule has 9 nitrogen and oxygen atoms in total. The summed E-state index contributed by atoms with van der Waals surface area (Å²) in [5, 5.41) is 31.7. The molecule has 4 aromatic heterocycles. The first kappa shape index (κ1) is 22.7. The fourth-order valence-electron chi connectivity index (χ4n) is 5.75. The first-order valence-corrected chi connectivity index (χ1v) is 12.7. The smallest absolute Gasteiger partial charge is 0.128 e. The lowest BCUT2D eigenvalue weighted by Gasteiger charge is -2.43. The van der Waals surface area contributed by atoms with Crippen molar-refractivity contribution in [3.63, 3.8) is 0 Å². The Balaban J connectivity index is 1.27. The molecule has 2 aliphatic rings. The number of aromatic amines is 1. The van der Waals surface area contributed by atoms with Gasteiger partial charge in [0, 0.05) is 73.1 Å². The number of aryl methyl sites for hydroxylation is 1. The first-order chi connectivity index (χ1) is 17.6. The van der Waals surface area contributed by atoms with Gasteiger partial charge in [-0.15, -0.1) is 0 Å². The van der Waals surface area contributed by atoms with Gasteiger partial charge in [0.05, 0.1) is 29.1 Å². The summed E-state index contributed by atoms with van der Waals surface area (Å²) in [6.45, 7) is 5.65. The number of hydrogen-bond acceptors (Lipinski definition) is 7. The molecule has 1 aliphatic carbocycles. The Morgan fingerprint density at radius 3 is 2.58 bits per heavy atom. The second-order valence-electron chi connectivity index (χ2n) is 9.84. The normalized spacial score (nSPS) is 21.1. The van der Waals surface area contributed by atoms with Crippen molar-refractivity contribution in [2.24, 2.45) is 0 Å². The maximum absolute atomic E-state index is 10.4. The maximum atomic E-state index is 10.4. The summed E-state index contributed by atoms with van der Waals surface area (Å²) in [6.07, 6.45) is 11.5. The molecule has 1 aliphatic heterocycles. The second kappa shape index (κ2) is 9.37. The van der Waals surface area contributed by atoms with E-state index >= 15 is 0 Å². The van der Waals surface area contributed by atoms with Gasteiger partial charge in [-0.1, -0.05) is 12.8 Å². The van der Waals surface area contributed by atoms with Crippen molar-refractivity contribution in [2.45, 2.75) is 44.8 Å². The SMILES string of the molecule is Cc1n[nH]cc1-c1cc(-c2ccc(N3CCN([C@@H]4CCCC[C@H]4O)CC3)nc2)c2c(C#N)cnn2c1. The third kappa shape index (κ3) is 4.02. The summed E-state index contributed by atoms with van der Waals surface area (Å²) >= 11 is 0. The first-order valence-electron chi connectivity index (χ1n) is 12.7. The molecule has 36 heavy (non-hydrogen) atoms. The molecular formula is C27H30N8O. The summed E-state index contributed by atoms with van der Waals surface area (Å²) < 4.78 is 1.77. The van der Waals surface area contributed by atoms with Crippen LogP contribution in [0.4, 0.5) is 5.82 Å². The highest BCUT2D eigenvalue weighted by molar-refractivity contribution is 5.87. The van der Waals surface area contributed by atoms with E-state index in [1.807, 2.05) is 25.5 Å². The Bertz CT molecular complexity index is 1410. The van der Waals surface area contributed by atoms with Crippen molar-refractivity contribution < 1.29 is 5.11 Å². The third-order valence-corrected chi connectivity index (χ3v) is 7.73. The van der Waals surface area contributed by atoms with Gasteiger partial charge in [-0.2, -0.15) is 15.5 Å². The average Bonchev–Trinajstić information content (AvgIpc) is 3.54. The number of hydrogen-bond donors (Lipinski definition) is 2. The lowest BCUT2D eigenvalue weighted by atomic mass is 9.91. The molecule has 4 aromatic rings. The zero-order valence-corrected chi connectivity index (χ0v) is 20.4. The number of nitrogens with zero attached hydrogens (tertiary/aromatic N) is 7. The Hall–Kier alpha value is -3.74. The highest BCUT2D eigenvalue weighted by Gasteiger charge is 2.31. The topological polar surface area (TPSA) is 109 Å². The molecule has 6 rings (SSSR count). The average molecular weight is 483 g/mol. The van der Waals surface area contributed by atoms with Crippen molar-refractivity contribution in [3.05, 3.63) is 54.2 Å². The van der Waals surface area contributed by atoms with Gasteiger partial charge in [-0.3, -0.25) is 10.00 Å². The number of aliphatic hydroxyl groups excluding tert-OH is 1. The summed E-state index contributed by atoms with van der Waals surface area (Å²) in [5.74, 6) is 0.953. The number of aromatic nitrogens is 5. The molecule has 0 aromatic carbocycles. The molecule has 0 bridgehead atoms. The molecule has 2 N–H and O–H groups in total. The van der Waals surface area contributed by atoms with Gasteiger partial charge in [0.25, 0.3) is 0 Å². The quantitative estimate of drug-likeness (QED) is 0.459. The van der Waals surface area contributed by atoms with Crippen LogP contribution < -0.4 is 4.90 Å². The molecule has 9 heteroatoms. The minimum atomic E-state index is -0.192. The highest BCUT2D eigenvalue weighted by Crippen LogP contribution is 2.33. The van der Waals surface area contributed by atoms with Crippen molar-refractivity contribution >= 4 is 11.3 Å². The largest absolute Gasteiger partial charge is 0.391 e. The van der Waals surface area contributed by atoms with Crippen molar-refractivity contribution in [2.75, 3.05) is 31.1 Å². The van der Waals surface area contributed by atoms with Crippen LogP contribution in [0.1, 0.15) is 36.9 Å². The molecule has 0 spiro atoms. The molecule has 0 unspecified atom stereocenters. The Morgan fingerprint density at radius 2 is 1.89 bits per heavy atom. The van der Waals surface area contributed by atoms with E-state index in [0.717, 1.165) is 84.7 Å². The molecule has 1 saturated carbocycles. The fourth-order valence-corrected chi connectivity index (χ4v) is 5.75. The van der Waals surface area contributed by atoms with Crippen LogP contribution >= 0.6 is 0 Å². The van der Waals surface area contributed by atoms with Crippen molar-refractivity contribution in [1.82, 2.24) is 29.7 Å². The number of nitrogens with one attached hydrogen (secondary N) is 1. The number of piperazine rings is 1. The van der Waals surface area contributed by atoms with Crippen LogP contribution in [0.3, 0.4) is 0 Å². The third-order valence-electron chi connectivity index (χ3n) is 7.73. The van der Waals surface area contributed by atoms with Crippen LogP contribution in [0.2, 0.25) is 0 Å². The predicted octanol–water partition coefficient (Wildman–Crippen LogP) is 3.39. The Labute approximate surface area is 210 Å². The van der Waals surface area contributed by atoms with Crippen LogP contribution in [0.15, 0.2) is 43.0 Å². The maximum Gasteiger partial charge on any atom is 0.128 e. The Kier molecular flexibility index (Phi) is 5.91.